The number of nitrogens with one attached hydrogen (secondary N) is 2. The zero-order chi connectivity index (χ0) is 17.3. The molecule has 0 spiro atoms. The van der Waals surface area contributed by atoms with Gasteiger partial charge in [-0.15, -0.1) is 4.72 Å². The summed E-state index contributed by atoms with van der Waals surface area (Å²) >= 11 is -1.41. The van der Waals surface area contributed by atoms with Crippen LogP contribution in [-0.2, 0) is 21.4 Å². The minimum atomic E-state index is -3.79. The van der Waals surface area contributed by atoms with Crippen LogP contribution in [0.5, 0.6) is 0 Å². The minimum Gasteiger partial charge on any atom is -0.598 e. The van der Waals surface area contributed by atoms with Crippen molar-refractivity contribution < 1.29 is 21.8 Å². The average molecular weight is 354 g/mol. The van der Waals surface area contributed by atoms with Gasteiger partial charge in [0.1, 0.15) is 10.4 Å². The lowest BCUT2D eigenvalue weighted by Gasteiger charge is -2.26. The molecule has 1 aromatic carbocycles. The number of hydrogen-bond acceptors (Lipinski definition) is 4. The van der Waals surface area contributed by atoms with E-state index in [2.05, 4.69) is 4.72 Å². The number of benzene rings is 1. The van der Waals surface area contributed by atoms with Gasteiger partial charge in [-0.1, -0.05) is 0 Å². The topological polar surface area (TPSA) is 81.3 Å². The summed E-state index contributed by atoms with van der Waals surface area (Å²) in [5.74, 6) is -2.06. The van der Waals surface area contributed by atoms with Crippen LogP contribution in [0.25, 0.3) is 0 Å². The monoisotopic (exact) mass is 354 g/mol. The fraction of sp³-hybridized carbons (Fsp3) is 0.538. The summed E-state index contributed by atoms with van der Waals surface area (Å²) in [7, 11) is -3.79. The van der Waals surface area contributed by atoms with Crippen molar-refractivity contribution in [3.8, 4) is 0 Å². The molecule has 0 fully saturated rings. The van der Waals surface area contributed by atoms with E-state index in [1.807, 2.05) is 0 Å². The van der Waals surface area contributed by atoms with Gasteiger partial charge in [0.15, 0.2) is 11.6 Å². The zero-order valence-corrected chi connectivity index (χ0v) is 14.7. The molecule has 0 radical (unpaired) electrons. The van der Waals surface area contributed by atoms with Gasteiger partial charge in [-0.3, -0.25) is 4.72 Å². The quantitative estimate of drug-likeness (QED) is 0.796. The first-order valence-corrected chi connectivity index (χ1v) is 9.50. The van der Waals surface area contributed by atoms with Gasteiger partial charge < -0.3 is 4.55 Å². The van der Waals surface area contributed by atoms with Crippen LogP contribution in [0.4, 0.5) is 14.5 Å². The van der Waals surface area contributed by atoms with Crippen molar-refractivity contribution in [3.63, 3.8) is 0 Å². The highest BCUT2D eigenvalue weighted by molar-refractivity contribution is 7.92. The molecule has 0 saturated carbocycles. The van der Waals surface area contributed by atoms with E-state index in [-0.39, 0.29) is 5.56 Å². The van der Waals surface area contributed by atoms with Crippen LogP contribution in [0, 0.1) is 11.6 Å². The second kappa shape index (κ2) is 6.69. The maximum atomic E-state index is 13.9. The van der Waals surface area contributed by atoms with E-state index < -0.39 is 49.5 Å². The Morgan fingerprint density at radius 1 is 1.23 bits per heavy atom. The number of halogens is 2. The van der Waals surface area contributed by atoms with Crippen LogP contribution in [0.1, 0.15) is 39.3 Å². The predicted molar refractivity (Wildman–Crippen MR) is 84.3 cm³/mol. The molecule has 1 unspecified atom stereocenters. The summed E-state index contributed by atoms with van der Waals surface area (Å²) in [6.07, 6.45) is 0.802. The third-order valence-electron chi connectivity index (χ3n) is 2.69. The maximum Gasteiger partial charge on any atom is 0.230 e. The van der Waals surface area contributed by atoms with Crippen LogP contribution in [0.3, 0.4) is 0 Å². The Morgan fingerprint density at radius 3 is 2.05 bits per heavy atom. The lowest BCUT2D eigenvalue weighted by atomic mass is 10.1. The molecule has 1 aromatic rings. The summed E-state index contributed by atoms with van der Waals surface area (Å²) in [4.78, 5) is 0. The van der Waals surface area contributed by atoms with Crippen LogP contribution >= 0.6 is 0 Å². The zero-order valence-electron chi connectivity index (χ0n) is 13.0. The van der Waals surface area contributed by atoms with E-state index in [4.69, 9.17) is 0 Å². The Labute approximate surface area is 132 Å². The van der Waals surface area contributed by atoms with Crippen molar-refractivity contribution in [2.24, 2.45) is 0 Å². The molecule has 0 saturated heterocycles. The SMILES string of the molecule is C[C@@H](N[S+]([O-])C(C)(C)C)c1cc(F)c(NS(C)(=O)=O)c(F)c1. The smallest absolute Gasteiger partial charge is 0.230 e. The first-order valence-electron chi connectivity index (χ1n) is 6.46. The first-order chi connectivity index (χ1) is 9.81. The van der Waals surface area contributed by atoms with E-state index in [9.17, 15) is 21.8 Å². The number of rotatable bonds is 5. The van der Waals surface area contributed by atoms with Crippen LogP contribution < -0.4 is 9.44 Å². The second-order valence-electron chi connectivity index (χ2n) is 5.95. The standard InChI is InChI=1S/C13H20F2N2O3S2/c1-8(16-21(18)13(2,3)4)9-6-10(14)12(11(15)7-9)17-22(5,19)20/h6-8,16-17H,1-5H3/t8-,21?/m1/s1. The number of anilines is 1. The van der Waals surface area contributed by atoms with Gasteiger partial charge in [-0.05, 0) is 45.4 Å². The van der Waals surface area contributed by atoms with Crippen molar-refractivity contribution >= 4 is 27.1 Å². The molecule has 0 aliphatic rings. The highest BCUT2D eigenvalue weighted by atomic mass is 32.2. The Bertz CT molecular complexity index is 622. The molecule has 22 heavy (non-hydrogen) atoms. The predicted octanol–water partition coefficient (Wildman–Crippen LogP) is 2.45. The molecular formula is C13H20F2N2O3S2. The van der Waals surface area contributed by atoms with Gasteiger partial charge in [-0.25, -0.2) is 17.2 Å². The Balaban J connectivity index is 3.04. The van der Waals surface area contributed by atoms with Gasteiger partial charge in [0.05, 0.1) is 12.3 Å². The average Bonchev–Trinajstić information content (AvgIpc) is 2.31. The molecule has 9 heteroatoms. The van der Waals surface area contributed by atoms with Crippen LogP contribution in [0.15, 0.2) is 12.1 Å². The molecule has 2 atom stereocenters. The van der Waals surface area contributed by atoms with Crippen LogP contribution in [-0.4, -0.2) is 24.0 Å². The van der Waals surface area contributed by atoms with E-state index in [0.717, 1.165) is 18.4 Å². The Kier molecular flexibility index (Phi) is 5.82. The molecule has 126 valence electrons. The largest absolute Gasteiger partial charge is 0.598 e. The van der Waals surface area contributed by atoms with E-state index in [0.29, 0.717) is 0 Å². The molecule has 0 aromatic heterocycles. The van der Waals surface area contributed by atoms with E-state index in [1.165, 1.54) is 0 Å². The summed E-state index contributed by atoms with van der Waals surface area (Å²) < 4.78 is 66.0. The fourth-order valence-corrected chi connectivity index (χ4v) is 2.91. The second-order valence-corrected chi connectivity index (χ2v) is 9.70. The van der Waals surface area contributed by atoms with Gasteiger partial charge in [0.25, 0.3) is 0 Å². The van der Waals surface area contributed by atoms with Crippen molar-refractivity contribution in [3.05, 3.63) is 29.3 Å². The molecule has 0 bridgehead atoms. The molecule has 0 heterocycles. The highest BCUT2D eigenvalue weighted by Gasteiger charge is 2.29. The van der Waals surface area contributed by atoms with Gasteiger partial charge >= 0.3 is 0 Å². The van der Waals surface area contributed by atoms with Crippen molar-refractivity contribution in [2.75, 3.05) is 11.0 Å². The lowest BCUT2D eigenvalue weighted by molar-refractivity contribution is 0.528. The minimum absolute atomic E-state index is 0.228. The Morgan fingerprint density at radius 2 is 1.68 bits per heavy atom. The van der Waals surface area contributed by atoms with Crippen molar-refractivity contribution in [1.82, 2.24) is 4.72 Å². The highest BCUT2D eigenvalue weighted by Crippen LogP contribution is 2.26. The normalized spacial score (nSPS) is 15.5. The number of sulfonamides is 1. The van der Waals surface area contributed by atoms with Gasteiger partial charge in [-0.2, -0.15) is 0 Å². The third kappa shape index (κ3) is 5.38. The van der Waals surface area contributed by atoms with Crippen molar-refractivity contribution in [2.45, 2.75) is 38.5 Å². The van der Waals surface area contributed by atoms with Gasteiger partial charge in [0, 0.05) is 11.4 Å². The maximum absolute atomic E-state index is 13.9. The van der Waals surface area contributed by atoms with Crippen LogP contribution in [0.2, 0.25) is 0 Å². The van der Waals surface area contributed by atoms with Crippen molar-refractivity contribution in [1.29, 1.82) is 0 Å². The summed E-state index contributed by atoms with van der Waals surface area (Å²) in [6.45, 7) is 6.91. The first kappa shape index (κ1) is 19.1. The molecule has 5 nitrogen and oxygen atoms in total. The summed E-state index contributed by atoms with van der Waals surface area (Å²) in [5, 5.41) is 0. The molecule has 0 amide bonds. The number of hydrogen-bond donors (Lipinski definition) is 2. The fourth-order valence-electron chi connectivity index (χ4n) is 1.53. The third-order valence-corrected chi connectivity index (χ3v) is 4.95. The summed E-state index contributed by atoms with van der Waals surface area (Å²) in [5.41, 5.74) is -0.498. The Hall–Kier alpha value is -0.900. The lowest BCUT2D eigenvalue weighted by Crippen LogP contribution is -2.40. The van der Waals surface area contributed by atoms with E-state index in [1.54, 1.807) is 32.4 Å². The molecule has 0 aliphatic heterocycles. The molecule has 2 N–H and O–H groups in total. The molecule has 0 aliphatic carbocycles. The summed E-state index contributed by atoms with van der Waals surface area (Å²) in [6, 6.07) is 1.44. The molecule has 1 rings (SSSR count). The van der Waals surface area contributed by atoms with E-state index >= 15 is 0 Å². The van der Waals surface area contributed by atoms with Gasteiger partial charge in [0.2, 0.25) is 10.0 Å². The molecular weight excluding hydrogens is 334 g/mol.